The predicted molar refractivity (Wildman–Crippen MR) is 97.1 cm³/mol. The van der Waals surface area contributed by atoms with Gasteiger partial charge in [0.25, 0.3) is 0 Å². The average molecular weight is 339 g/mol. The van der Waals surface area contributed by atoms with Crippen molar-refractivity contribution in [3.63, 3.8) is 0 Å². The second-order valence-electron chi connectivity index (χ2n) is 6.09. The number of aliphatic hydroxyl groups is 2. The van der Waals surface area contributed by atoms with E-state index in [1.165, 1.54) is 0 Å². The number of unbranched alkanes of at least 4 members (excludes halogenated alkanes) is 2. The van der Waals surface area contributed by atoms with E-state index in [4.69, 9.17) is 9.84 Å². The predicted octanol–water partition coefficient (Wildman–Crippen LogP) is 3.79. The van der Waals surface area contributed by atoms with Crippen LogP contribution in [-0.4, -0.2) is 22.9 Å². The third kappa shape index (κ3) is 6.22. The number of aliphatic hydroxyl groups excluding tert-OH is 2. The van der Waals surface area contributed by atoms with E-state index < -0.39 is 12.0 Å². The van der Waals surface area contributed by atoms with Gasteiger partial charge in [-0.15, -0.1) is 0 Å². The summed E-state index contributed by atoms with van der Waals surface area (Å²) in [6.45, 7) is 0.664. The van der Waals surface area contributed by atoms with Gasteiger partial charge in [-0.25, -0.2) is 0 Å². The molecule has 4 heteroatoms. The van der Waals surface area contributed by atoms with E-state index in [1.807, 2.05) is 54.6 Å². The Morgan fingerprint density at radius 2 is 1.68 bits per heavy atom. The van der Waals surface area contributed by atoms with Gasteiger partial charge in [0.1, 0.15) is 12.4 Å². The summed E-state index contributed by atoms with van der Waals surface area (Å²) < 4.78 is 5.74. The molecule has 0 radical (unpaired) electrons. The molecule has 25 heavy (non-hydrogen) atoms. The highest BCUT2D eigenvalue weighted by Gasteiger charge is 2.20. The molecule has 4 nitrogen and oxygen atoms in total. The van der Waals surface area contributed by atoms with E-state index in [0.717, 1.165) is 36.1 Å². The minimum atomic E-state index is -0.695. The van der Waals surface area contributed by atoms with Gasteiger partial charge in [0.2, 0.25) is 0 Å². The number of hydrogen-bond donors (Lipinski definition) is 2. The molecule has 0 saturated heterocycles. The van der Waals surface area contributed by atoms with Gasteiger partial charge in [-0.2, -0.15) is 5.26 Å². The molecule has 2 atom stereocenters. The Balaban J connectivity index is 1.89. The van der Waals surface area contributed by atoms with Crippen LogP contribution in [0.1, 0.15) is 42.7 Å². The number of ether oxygens (including phenoxy) is 1. The van der Waals surface area contributed by atoms with Gasteiger partial charge in [0, 0.05) is 6.61 Å². The molecule has 2 rings (SSSR count). The Kier molecular flexibility index (Phi) is 7.97. The smallest absolute Gasteiger partial charge is 0.119 e. The molecule has 0 heterocycles. The lowest BCUT2D eigenvalue weighted by Crippen LogP contribution is -2.17. The Morgan fingerprint density at radius 3 is 2.32 bits per heavy atom. The first-order valence-electron chi connectivity index (χ1n) is 8.70. The molecule has 0 aromatic heterocycles. The number of nitrogens with zero attached hydrogens (tertiary/aromatic N) is 1. The van der Waals surface area contributed by atoms with Crippen molar-refractivity contribution in [1.82, 2.24) is 0 Å². The lowest BCUT2D eigenvalue weighted by atomic mass is 9.91. The minimum Gasteiger partial charge on any atom is -0.489 e. The average Bonchev–Trinajstić information content (AvgIpc) is 2.66. The van der Waals surface area contributed by atoms with Crippen LogP contribution in [0.15, 0.2) is 54.6 Å². The molecule has 0 aliphatic carbocycles. The third-order valence-electron chi connectivity index (χ3n) is 4.17. The molecule has 2 N–H and O–H groups in total. The van der Waals surface area contributed by atoms with Gasteiger partial charge in [-0.1, -0.05) is 55.3 Å². The van der Waals surface area contributed by atoms with Crippen molar-refractivity contribution in [1.29, 1.82) is 5.26 Å². The maximum atomic E-state index is 10.3. The van der Waals surface area contributed by atoms with Gasteiger partial charge < -0.3 is 14.9 Å². The summed E-state index contributed by atoms with van der Waals surface area (Å²) in [5.74, 6) is 0.194. The van der Waals surface area contributed by atoms with Crippen molar-refractivity contribution >= 4 is 0 Å². The van der Waals surface area contributed by atoms with Crippen LogP contribution in [0.25, 0.3) is 0 Å². The highest BCUT2D eigenvalue weighted by atomic mass is 16.5. The maximum Gasteiger partial charge on any atom is 0.119 e. The molecule has 0 bridgehead atoms. The minimum absolute atomic E-state index is 0.169. The zero-order valence-corrected chi connectivity index (χ0v) is 14.3. The number of hydrogen-bond acceptors (Lipinski definition) is 4. The first-order valence-corrected chi connectivity index (χ1v) is 8.70. The molecular weight excluding hydrogens is 314 g/mol. The fraction of sp³-hybridized carbons (Fsp3) is 0.381. The van der Waals surface area contributed by atoms with Gasteiger partial charge >= 0.3 is 0 Å². The molecule has 2 aromatic rings. The fourth-order valence-electron chi connectivity index (χ4n) is 2.70. The monoisotopic (exact) mass is 339 g/mol. The van der Waals surface area contributed by atoms with Crippen molar-refractivity contribution < 1.29 is 14.9 Å². The number of benzene rings is 2. The molecule has 0 fully saturated rings. The van der Waals surface area contributed by atoms with E-state index in [-0.39, 0.29) is 6.61 Å². The van der Waals surface area contributed by atoms with Crippen LogP contribution >= 0.6 is 0 Å². The van der Waals surface area contributed by atoms with Gasteiger partial charge in [-0.3, -0.25) is 0 Å². The second kappa shape index (κ2) is 10.5. The molecule has 2 unspecified atom stereocenters. The van der Waals surface area contributed by atoms with Gasteiger partial charge in [0.05, 0.1) is 18.1 Å². The molecule has 2 aromatic carbocycles. The summed E-state index contributed by atoms with van der Waals surface area (Å²) in [6.07, 6.45) is 2.26. The molecule has 0 aliphatic heterocycles. The summed E-state index contributed by atoms with van der Waals surface area (Å²) >= 11 is 0. The second-order valence-corrected chi connectivity index (χ2v) is 6.09. The third-order valence-corrected chi connectivity index (χ3v) is 4.17. The molecule has 132 valence electrons. The lowest BCUT2D eigenvalue weighted by Gasteiger charge is -2.17. The zero-order chi connectivity index (χ0) is 17.9. The van der Waals surface area contributed by atoms with Crippen molar-refractivity contribution in [2.45, 2.75) is 44.3 Å². The normalized spacial score (nSPS) is 13.0. The van der Waals surface area contributed by atoms with E-state index >= 15 is 0 Å². The van der Waals surface area contributed by atoms with Crippen LogP contribution in [0.3, 0.4) is 0 Å². The van der Waals surface area contributed by atoms with Crippen LogP contribution in [0.4, 0.5) is 0 Å². The Bertz CT molecular complexity index is 649. The quantitative estimate of drug-likeness (QED) is 0.646. The summed E-state index contributed by atoms with van der Waals surface area (Å²) in [5.41, 5.74) is 1.89. The standard InChI is InChI=1S/C21H25NO3/c22-15-20(21(24)9-5-2-6-14-23)18-10-12-19(13-11-18)25-16-17-7-3-1-4-8-17/h1,3-4,7-8,10-13,20-21,23-24H,2,5-6,9,14,16H2. The summed E-state index contributed by atoms with van der Waals surface area (Å²) in [6, 6.07) is 19.5. The molecular formula is C21H25NO3. The largest absolute Gasteiger partial charge is 0.489 e. The van der Waals surface area contributed by atoms with Crippen LogP contribution in [0.2, 0.25) is 0 Å². The topological polar surface area (TPSA) is 73.5 Å². The van der Waals surface area contributed by atoms with Gasteiger partial charge in [-0.05, 0) is 36.1 Å². The first-order chi connectivity index (χ1) is 12.2. The maximum absolute atomic E-state index is 10.3. The Morgan fingerprint density at radius 1 is 0.960 bits per heavy atom. The highest BCUT2D eigenvalue weighted by molar-refractivity contribution is 5.33. The van der Waals surface area contributed by atoms with E-state index in [2.05, 4.69) is 6.07 Å². The summed E-state index contributed by atoms with van der Waals surface area (Å²) in [5, 5.41) is 28.4. The number of nitriles is 1. The Labute approximate surface area is 149 Å². The molecule has 0 saturated carbocycles. The van der Waals surface area contributed by atoms with Crippen molar-refractivity contribution in [3.05, 3.63) is 65.7 Å². The zero-order valence-electron chi connectivity index (χ0n) is 14.3. The fourth-order valence-corrected chi connectivity index (χ4v) is 2.70. The summed E-state index contributed by atoms with van der Waals surface area (Å²) in [7, 11) is 0. The molecule has 0 amide bonds. The first kappa shape index (κ1) is 19.0. The van der Waals surface area contributed by atoms with E-state index in [9.17, 15) is 10.4 Å². The van der Waals surface area contributed by atoms with Crippen molar-refractivity contribution in [2.75, 3.05) is 6.61 Å². The molecule has 0 spiro atoms. The lowest BCUT2D eigenvalue weighted by molar-refractivity contribution is 0.146. The van der Waals surface area contributed by atoms with Crippen molar-refractivity contribution in [3.8, 4) is 11.8 Å². The SMILES string of the molecule is N#CC(c1ccc(OCc2ccccc2)cc1)C(O)CCCCCO. The van der Waals surface area contributed by atoms with E-state index in [1.54, 1.807) is 0 Å². The van der Waals surface area contributed by atoms with Crippen LogP contribution < -0.4 is 4.74 Å². The van der Waals surface area contributed by atoms with Crippen LogP contribution in [0.5, 0.6) is 5.75 Å². The van der Waals surface area contributed by atoms with E-state index in [0.29, 0.717) is 13.0 Å². The summed E-state index contributed by atoms with van der Waals surface area (Å²) in [4.78, 5) is 0. The van der Waals surface area contributed by atoms with Crippen molar-refractivity contribution in [2.24, 2.45) is 0 Å². The van der Waals surface area contributed by atoms with Crippen LogP contribution in [-0.2, 0) is 6.61 Å². The highest BCUT2D eigenvalue weighted by Crippen LogP contribution is 2.25. The number of rotatable bonds is 10. The van der Waals surface area contributed by atoms with Crippen LogP contribution in [0, 0.1) is 11.3 Å². The molecule has 0 aliphatic rings. The Hall–Kier alpha value is -2.35. The van der Waals surface area contributed by atoms with Gasteiger partial charge in [0.15, 0.2) is 0 Å².